The second-order valence-electron chi connectivity index (χ2n) is 5.07. The first-order valence-electron chi connectivity index (χ1n) is 7.16. The number of carbonyl (C=O) groups is 1. The normalized spacial score (nSPS) is 11.2. The highest BCUT2D eigenvalue weighted by Crippen LogP contribution is 2.26. The number of rotatable bonds is 6. The van der Waals surface area contributed by atoms with Crippen LogP contribution in [-0.4, -0.2) is 18.7 Å². The Hall–Kier alpha value is -2.57. The van der Waals surface area contributed by atoms with Gasteiger partial charge in [0, 0.05) is 6.42 Å². The van der Waals surface area contributed by atoms with Crippen LogP contribution in [0.4, 0.5) is 23.2 Å². The molecule has 0 saturated carbocycles. The minimum Gasteiger partial charge on any atom is -0.482 e. The molecule has 1 N–H and O–H groups in total. The number of hydrogen-bond donors (Lipinski definition) is 1. The molecule has 0 fully saturated rings. The zero-order chi connectivity index (χ0) is 17.6. The van der Waals surface area contributed by atoms with Gasteiger partial charge < -0.3 is 10.1 Å². The van der Waals surface area contributed by atoms with E-state index in [9.17, 15) is 22.4 Å². The highest BCUT2D eigenvalue weighted by Gasteiger charge is 2.28. The molecule has 0 aliphatic heterocycles. The van der Waals surface area contributed by atoms with Crippen molar-refractivity contribution in [3.63, 3.8) is 0 Å². The molecule has 1 amide bonds. The summed E-state index contributed by atoms with van der Waals surface area (Å²) in [5, 5.41) is 2.52. The molecule has 0 aromatic heterocycles. The molecule has 2 rings (SSSR count). The number of benzene rings is 2. The monoisotopic (exact) mass is 341 g/mol. The molecule has 0 heterocycles. The predicted molar refractivity (Wildman–Crippen MR) is 81.3 cm³/mol. The lowest BCUT2D eigenvalue weighted by molar-refractivity contribution is -0.153. The van der Waals surface area contributed by atoms with Crippen molar-refractivity contribution < 1.29 is 27.1 Å². The number of anilines is 1. The SMILES string of the molecule is O=C(CCc1ccc(F)cc1)Nc1ccccc1OCC(F)(F)F. The van der Waals surface area contributed by atoms with Gasteiger partial charge in [-0.3, -0.25) is 4.79 Å². The Morgan fingerprint density at radius 3 is 2.38 bits per heavy atom. The third-order valence-corrected chi connectivity index (χ3v) is 3.11. The summed E-state index contributed by atoms with van der Waals surface area (Å²) in [4.78, 5) is 11.9. The maximum atomic E-state index is 12.8. The highest BCUT2D eigenvalue weighted by atomic mass is 19.4. The van der Waals surface area contributed by atoms with Gasteiger partial charge in [-0.15, -0.1) is 0 Å². The average molecular weight is 341 g/mol. The predicted octanol–water partition coefficient (Wildman–Crippen LogP) is 4.34. The molecule has 0 aliphatic carbocycles. The van der Waals surface area contributed by atoms with Crippen molar-refractivity contribution in [2.75, 3.05) is 11.9 Å². The summed E-state index contributed by atoms with van der Waals surface area (Å²) in [5.74, 6) is -0.786. The van der Waals surface area contributed by atoms with Crippen LogP contribution in [0.1, 0.15) is 12.0 Å². The molecule has 0 spiro atoms. The molecule has 24 heavy (non-hydrogen) atoms. The molecule has 3 nitrogen and oxygen atoms in total. The molecule has 2 aromatic rings. The minimum atomic E-state index is -4.46. The van der Waals surface area contributed by atoms with Crippen LogP contribution in [0.3, 0.4) is 0 Å². The maximum Gasteiger partial charge on any atom is 0.422 e. The summed E-state index contributed by atoms with van der Waals surface area (Å²) in [6.45, 7) is -1.44. The van der Waals surface area contributed by atoms with Crippen molar-refractivity contribution in [3.8, 4) is 5.75 Å². The Morgan fingerprint density at radius 1 is 1.04 bits per heavy atom. The minimum absolute atomic E-state index is 0.0510. The molecule has 0 aliphatic rings. The number of hydrogen-bond acceptors (Lipinski definition) is 2. The third kappa shape index (κ3) is 5.91. The van der Waals surface area contributed by atoms with Crippen molar-refractivity contribution in [2.45, 2.75) is 19.0 Å². The first kappa shape index (κ1) is 17.8. The van der Waals surface area contributed by atoms with Crippen molar-refractivity contribution >= 4 is 11.6 Å². The summed E-state index contributed by atoms with van der Waals surface area (Å²) < 4.78 is 54.2. The first-order valence-corrected chi connectivity index (χ1v) is 7.16. The Kier molecular flexibility index (Phi) is 5.78. The second-order valence-corrected chi connectivity index (χ2v) is 5.07. The zero-order valence-electron chi connectivity index (χ0n) is 12.6. The van der Waals surface area contributed by atoms with E-state index in [0.717, 1.165) is 5.56 Å². The topological polar surface area (TPSA) is 38.3 Å². The van der Waals surface area contributed by atoms with Gasteiger partial charge in [0.15, 0.2) is 6.61 Å². The number of nitrogens with one attached hydrogen (secondary N) is 1. The second kappa shape index (κ2) is 7.81. The fraction of sp³-hybridized carbons (Fsp3) is 0.235. The molecule has 0 unspecified atom stereocenters. The number of aryl methyl sites for hydroxylation is 1. The van der Waals surface area contributed by atoms with Crippen LogP contribution in [-0.2, 0) is 11.2 Å². The molecule has 2 aromatic carbocycles. The lowest BCUT2D eigenvalue weighted by Gasteiger charge is -2.13. The quantitative estimate of drug-likeness (QED) is 0.794. The van der Waals surface area contributed by atoms with Crippen molar-refractivity contribution in [2.24, 2.45) is 0 Å². The van der Waals surface area contributed by atoms with Crippen LogP contribution in [0.25, 0.3) is 0 Å². The Labute approximate surface area is 136 Å². The lowest BCUT2D eigenvalue weighted by Crippen LogP contribution is -2.20. The summed E-state index contributed by atoms with van der Waals surface area (Å²) in [7, 11) is 0. The van der Waals surface area contributed by atoms with Crippen molar-refractivity contribution in [3.05, 3.63) is 59.9 Å². The van der Waals surface area contributed by atoms with Gasteiger partial charge in [-0.25, -0.2) is 4.39 Å². The highest BCUT2D eigenvalue weighted by molar-refractivity contribution is 5.92. The van der Waals surface area contributed by atoms with E-state index in [-0.39, 0.29) is 29.6 Å². The fourth-order valence-corrected chi connectivity index (χ4v) is 1.98. The largest absolute Gasteiger partial charge is 0.482 e. The van der Waals surface area contributed by atoms with Crippen LogP contribution in [0.15, 0.2) is 48.5 Å². The van der Waals surface area contributed by atoms with E-state index in [2.05, 4.69) is 5.32 Å². The van der Waals surface area contributed by atoms with E-state index < -0.39 is 12.8 Å². The van der Waals surface area contributed by atoms with E-state index in [1.165, 1.54) is 30.3 Å². The van der Waals surface area contributed by atoms with Crippen LogP contribution < -0.4 is 10.1 Å². The molecular weight excluding hydrogens is 326 g/mol. The first-order chi connectivity index (χ1) is 11.3. The molecule has 128 valence electrons. The Bertz CT molecular complexity index is 684. The van der Waals surface area contributed by atoms with Gasteiger partial charge in [-0.05, 0) is 36.2 Å². The summed E-state index contributed by atoms with van der Waals surface area (Å²) in [6, 6.07) is 11.6. The number of carbonyl (C=O) groups excluding carboxylic acids is 1. The molecule has 0 atom stereocenters. The van der Waals surface area contributed by atoms with Gasteiger partial charge in [0.2, 0.25) is 5.91 Å². The van der Waals surface area contributed by atoms with E-state index in [4.69, 9.17) is 4.74 Å². The van der Waals surface area contributed by atoms with Gasteiger partial charge in [0.1, 0.15) is 11.6 Å². The van der Waals surface area contributed by atoms with Crippen molar-refractivity contribution in [1.82, 2.24) is 0 Å². The maximum absolute atomic E-state index is 12.8. The molecule has 0 saturated heterocycles. The fourth-order valence-electron chi connectivity index (χ4n) is 1.98. The molecule has 0 bridgehead atoms. The number of para-hydroxylation sites is 2. The zero-order valence-corrected chi connectivity index (χ0v) is 12.6. The van der Waals surface area contributed by atoms with Crippen LogP contribution in [0.5, 0.6) is 5.75 Å². The molecular formula is C17H15F4NO2. The van der Waals surface area contributed by atoms with E-state index in [0.29, 0.717) is 6.42 Å². The Balaban J connectivity index is 1.92. The van der Waals surface area contributed by atoms with Gasteiger partial charge >= 0.3 is 6.18 Å². The van der Waals surface area contributed by atoms with Gasteiger partial charge in [0.25, 0.3) is 0 Å². The Morgan fingerprint density at radius 2 is 1.71 bits per heavy atom. The third-order valence-electron chi connectivity index (χ3n) is 3.11. The van der Waals surface area contributed by atoms with Crippen LogP contribution >= 0.6 is 0 Å². The van der Waals surface area contributed by atoms with E-state index >= 15 is 0 Å². The number of alkyl halides is 3. The number of amides is 1. The standard InChI is InChI=1S/C17H15F4NO2/c18-13-8-5-12(6-9-13)7-10-16(23)22-14-3-1-2-4-15(14)24-11-17(19,20)21/h1-6,8-9H,7,10-11H2,(H,22,23). The van der Waals surface area contributed by atoms with Gasteiger partial charge in [-0.1, -0.05) is 24.3 Å². The molecule has 0 radical (unpaired) electrons. The average Bonchev–Trinajstić information content (AvgIpc) is 2.53. The summed E-state index contributed by atoms with van der Waals surface area (Å²) >= 11 is 0. The van der Waals surface area contributed by atoms with Crippen LogP contribution in [0, 0.1) is 5.82 Å². The summed E-state index contributed by atoms with van der Waals surface area (Å²) in [5.41, 5.74) is 0.957. The summed E-state index contributed by atoms with van der Waals surface area (Å²) in [6.07, 6.45) is -3.96. The smallest absolute Gasteiger partial charge is 0.422 e. The van der Waals surface area contributed by atoms with Gasteiger partial charge in [-0.2, -0.15) is 13.2 Å². The number of ether oxygens (including phenoxy) is 1. The van der Waals surface area contributed by atoms with E-state index in [1.54, 1.807) is 18.2 Å². The van der Waals surface area contributed by atoms with Crippen molar-refractivity contribution in [1.29, 1.82) is 0 Å². The lowest BCUT2D eigenvalue weighted by atomic mass is 10.1. The van der Waals surface area contributed by atoms with Crippen LogP contribution in [0.2, 0.25) is 0 Å². The number of halogens is 4. The van der Waals surface area contributed by atoms with E-state index in [1.807, 2.05) is 0 Å². The van der Waals surface area contributed by atoms with Gasteiger partial charge in [0.05, 0.1) is 5.69 Å². The molecule has 7 heteroatoms.